The number of hydrogen-bond acceptors (Lipinski definition) is 6. The lowest BCUT2D eigenvalue weighted by Crippen LogP contribution is -2.11. The number of nitrogens with zero attached hydrogens (tertiary/aromatic N) is 4. The largest absolute Gasteiger partial charge is 0.361 e. The van der Waals surface area contributed by atoms with Gasteiger partial charge in [0.05, 0.1) is 12.2 Å². The summed E-state index contributed by atoms with van der Waals surface area (Å²) in [5.74, 6) is 1.11. The molecule has 126 valence electrons. The van der Waals surface area contributed by atoms with Gasteiger partial charge in [-0.3, -0.25) is 5.10 Å². The summed E-state index contributed by atoms with van der Waals surface area (Å²) in [5.41, 5.74) is 1.96. The van der Waals surface area contributed by atoms with Crippen LogP contribution in [0.2, 0.25) is 0 Å². The number of aryl methyl sites for hydroxylation is 1. The first kappa shape index (κ1) is 16.4. The fourth-order valence-electron chi connectivity index (χ4n) is 2.28. The number of benzene rings is 1. The van der Waals surface area contributed by atoms with E-state index >= 15 is 0 Å². The van der Waals surface area contributed by atoms with E-state index in [1.807, 2.05) is 26.0 Å². The smallest absolute Gasteiger partial charge is 0.183 e. The molecule has 3 rings (SSSR count). The third-order valence-electron chi connectivity index (χ3n) is 3.56. The van der Waals surface area contributed by atoms with E-state index in [9.17, 15) is 9.65 Å². The summed E-state index contributed by atoms with van der Waals surface area (Å²) in [5, 5.41) is 22.3. The minimum Gasteiger partial charge on any atom is -0.361 e. The van der Waals surface area contributed by atoms with Crippen molar-refractivity contribution in [2.75, 3.05) is 10.6 Å². The number of nitrogens with one attached hydrogen (secondary N) is 3. The zero-order chi connectivity index (χ0) is 17.8. The van der Waals surface area contributed by atoms with Gasteiger partial charge in [0.25, 0.3) is 0 Å². The van der Waals surface area contributed by atoms with Crippen molar-refractivity contribution in [1.82, 2.24) is 20.2 Å². The van der Waals surface area contributed by atoms with Crippen molar-refractivity contribution in [1.29, 1.82) is 5.26 Å². The van der Waals surface area contributed by atoms with Gasteiger partial charge in [-0.15, -0.1) is 0 Å². The summed E-state index contributed by atoms with van der Waals surface area (Å²) in [6, 6.07) is 9.81. The van der Waals surface area contributed by atoms with Gasteiger partial charge < -0.3 is 10.6 Å². The van der Waals surface area contributed by atoms with Gasteiger partial charge in [0.2, 0.25) is 0 Å². The minimum atomic E-state index is -0.297. The molecule has 0 aliphatic carbocycles. The number of aromatic nitrogens is 4. The van der Waals surface area contributed by atoms with E-state index in [2.05, 4.69) is 30.8 Å². The topological polar surface area (TPSA) is 102 Å². The summed E-state index contributed by atoms with van der Waals surface area (Å²) in [4.78, 5) is 8.51. The number of hydrogen-bond donors (Lipinski definition) is 3. The Labute approximate surface area is 143 Å². The Balaban J connectivity index is 1.82. The summed E-state index contributed by atoms with van der Waals surface area (Å²) < 4.78 is 13.1. The Kier molecular flexibility index (Phi) is 4.57. The van der Waals surface area contributed by atoms with Crippen molar-refractivity contribution in [2.24, 2.45) is 0 Å². The number of rotatable bonds is 5. The zero-order valence-electron chi connectivity index (χ0n) is 13.7. The van der Waals surface area contributed by atoms with Crippen LogP contribution < -0.4 is 10.6 Å². The standard InChI is InChI=1S/C17H16FN7/c1-10-7-15(25-24-10)22-16-9-20-14(8-19)17(23-16)21-11(2)12-3-5-13(18)6-4-12/h3-7,9,11H,1-2H3,(H3,21,22,23,24,25)/t11-/m0/s1. The lowest BCUT2D eigenvalue weighted by Gasteiger charge is -2.16. The van der Waals surface area contributed by atoms with Crippen LogP contribution in [0.5, 0.6) is 0 Å². The van der Waals surface area contributed by atoms with Gasteiger partial charge in [0.1, 0.15) is 11.9 Å². The van der Waals surface area contributed by atoms with Crippen molar-refractivity contribution in [3.05, 3.63) is 59.3 Å². The van der Waals surface area contributed by atoms with E-state index in [0.29, 0.717) is 17.5 Å². The Bertz CT molecular complexity index is 911. The molecule has 2 aromatic heterocycles. The molecule has 3 aromatic rings. The lowest BCUT2D eigenvalue weighted by atomic mass is 10.1. The quantitative estimate of drug-likeness (QED) is 0.659. The van der Waals surface area contributed by atoms with E-state index in [-0.39, 0.29) is 17.6 Å². The van der Waals surface area contributed by atoms with Crippen molar-refractivity contribution >= 4 is 17.5 Å². The summed E-state index contributed by atoms with van der Waals surface area (Å²) in [6.45, 7) is 3.78. The molecule has 0 unspecified atom stereocenters. The molecule has 1 atom stereocenters. The van der Waals surface area contributed by atoms with Gasteiger partial charge in [0.15, 0.2) is 23.1 Å². The molecular formula is C17H16FN7. The second-order valence-corrected chi connectivity index (χ2v) is 5.54. The average Bonchev–Trinajstić information content (AvgIpc) is 3.00. The lowest BCUT2D eigenvalue weighted by molar-refractivity contribution is 0.626. The van der Waals surface area contributed by atoms with Crippen LogP contribution >= 0.6 is 0 Å². The van der Waals surface area contributed by atoms with Crippen molar-refractivity contribution in [2.45, 2.75) is 19.9 Å². The second kappa shape index (κ2) is 6.97. The van der Waals surface area contributed by atoms with E-state index < -0.39 is 0 Å². The van der Waals surface area contributed by atoms with Crippen LogP contribution in [-0.2, 0) is 0 Å². The molecule has 0 radical (unpaired) electrons. The Morgan fingerprint density at radius 3 is 2.64 bits per heavy atom. The Morgan fingerprint density at radius 2 is 2.00 bits per heavy atom. The maximum absolute atomic E-state index is 13.1. The first-order valence-corrected chi connectivity index (χ1v) is 7.63. The van der Waals surface area contributed by atoms with Crippen LogP contribution in [0.4, 0.5) is 21.8 Å². The van der Waals surface area contributed by atoms with E-state index in [4.69, 9.17) is 0 Å². The highest BCUT2D eigenvalue weighted by molar-refractivity contribution is 5.57. The first-order chi connectivity index (χ1) is 12.0. The summed E-state index contributed by atoms with van der Waals surface area (Å²) >= 11 is 0. The molecule has 0 aliphatic rings. The van der Waals surface area contributed by atoms with E-state index in [0.717, 1.165) is 11.3 Å². The molecule has 2 heterocycles. The average molecular weight is 337 g/mol. The van der Waals surface area contributed by atoms with Crippen molar-refractivity contribution in [3.8, 4) is 6.07 Å². The number of halogens is 1. The summed E-state index contributed by atoms with van der Waals surface area (Å²) in [7, 11) is 0. The third-order valence-corrected chi connectivity index (χ3v) is 3.56. The van der Waals surface area contributed by atoms with E-state index in [1.165, 1.54) is 18.3 Å². The molecule has 0 spiro atoms. The van der Waals surface area contributed by atoms with Crippen LogP contribution in [0.1, 0.15) is 29.9 Å². The van der Waals surface area contributed by atoms with Crippen LogP contribution in [-0.4, -0.2) is 20.2 Å². The predicted molar refractivity (Wildman–Crippen MR) is 91.8 cm³/mol. The van der Waals surface area contributed by atoms with Gasteiger partial charge in [-0.2, -0.15) is 10.4 Å². The number of H-pyrrole nitrogens is 1. The molecule has 7 nitrogen and oxygen atoms in total. The molecule has 0 amide bonds. The van der Waals surface area contributed by atoms with E-state index in [1.54, 1.807) is 12.1 Å². The van der Waals surface area contributed by atoms with Gasteiger partial charge >= 0.3 is 0 Å². The first-order valence-electron chi connectivity index (χ1n) is 7.63. The van der Waals surface area contributed by atoms with Crippen molar-refractivity contribution < 1.29 is 4.39 Å². The predicted octanol–water partition coefficient (Wildman–Crippen LogP) is 3.44. The maximum Gasteiger partial charge on any atom is 0.183 e. The molecule has 3 N–H and O–H groups in total. The Morgan fingerprint density at radius 1 is 1.24 bits per heavy atom. The zero-order valence-corrected chi connectivity index (χ0v) is 13.7. The monoisotopic (exact) mass is 337 g/mol. The molecule has 0 saturated heterocycles. The summed E-state index contributed by atoms with van der Waals surface area (Å²) in [6.07, 6.45) is 1.47. The number of aromatic amines is 1. The van der Waals surface area contributed by atoms with Crippen LogP contribution in [0, 0.1) is 24.1 Å². The fourth-order valence-corrected chi connectivity index (χ4v) is 2.28. The van der Waals surface area contributed by atoms with Gasteiger partial charge in [-0.25, -0.2) is 14.4 Å². The number of anilines is 3. The highest BCUT2D eigenvalue weighted by Crippen LogP contribution is 2.22. The third kappa shape index (κ3) is 3.90. The molecule has 8 heteroatoms. The Hall–Kier alpha value is -3.47. The van der Waals surface area contributed by atoms with Gasteiger partial charge in [0, 0.05) is 11.8 Å². The molecule has 0 fully saturated rings. The van der Waals surface area contributed by atoms with Crippen LogP contribution in [0.25, 0.3) is 0 Å². The maximum atomic E-state index is 13.1. The minimum absolute atomic E-state index is 0.176. The van der Waals surface area contributed by atoms with Gasteiger partial charge in [-0.1, -0.05) is 12.1 Å². The highest BCUT2D eigenvalue weighted by Gasteiger charge is 2.12. The molecule has 0 aliphatic heterocycles. The molecule has 1 aromatic carbocycles. The molecule has 25 heavy (non-hydrogen) atoms. The fraction of sp³-hybridized carbons (Fsp3) is 0.176. The SMILES string of the molecule is Cc1cc(Nc2cnc(C#N)c(N[C@@H](C)c3ccc(F)cc3)n2)n[nH]1. The normalized spacial score (nSPS) is 11.6. The molecular weight excluding hydrogens is 321 g/mol. The number of nitriles is 1. The van der Waals surface area contributed by atoms with Gasteiger partial charge in [-0.05, 0) is 31.5 Å². The van der Waals surface area contributed by atoms with Crippen LogP contribution in [0.3, 0.4) is 0 Å². The van der Waals surface area contributed by atoms with Crippen LogP contribution in [0.15, 0.2) is 36.5 Å². The molecule has 0 saturated carbocycles. The highest BCUT2D eigenvalue weighted by atomic mass is 19.1. The van der Waals surface area contributed by atoms with Crippen molar-refractivity contribution in [3.63, 3.8) is 0 Å². The molecule has 0 bridgehead atoms. The second-order valence-electron chi connectivity index (χ2n) is 5.54.